The number of carbonyl (C=O) groups excluding carboxylic acids is 2. The van der Waals surface area contributed by atoms with E-state index in [-0.39, 0.29) is 23.9 Å². The van der Waals surface area contributed by atoms with Crippen molar-refractivity contribution < 1.29 is 19.2 Å². The van der Waals surface area contributed by atoms with Crippen molar-refractivity contribution in [2.75, 3.05) is 6.61 Å². The summed E-state index contributed by atoms with van der Waals surface area (Å²) in [5.74, 6) is -1.68. The van der Waals surface area contributed by atoms with Crippen molar-refractivity contribution in [2.45, 2.75) is 27.3 Å². The summed E-state index contributed by atoms with van der Waals surface area (Å²) in [6.45, 7) is 5.89. The van der Waals surface area contributed by atoms with Crippen molar-refractivity contribution >= 4 is 17.4 Å². The predicted molar refractivity (Wildman–Crippen MR) is 66.9 cm³/mol. The van der Waals surface area contributed by atoms with Crippen LogP contribution in [0.5, 0.6) is 0 Å². The van der Waals surface area contributed by atoms with E-state index >= 15 is 0 Å². The van der Waals surface area contributed by atoms with Gasteiger partial charge in [-0.1, -0.05) is 13.8 Å². The zero-order valence-electron chi connectivity index (χ0n) is 11.1. The second-order valence-corrected chi connectivity index (χ2v) is 4.44. The minimum Gasteiger partial charge on any atom is -0.460 e. The fourth-order valence-electron chi connectivity index (χ4n) is 1.63. The lowest BCUT2D eigenvalue weighted by atomic mass is 10.2. The highest BCUT2D eigenvalue weighted by Crippen LogP contribution is 2.19. The molecular formula is C12H16N2O5. The van der Waals surface area contributed by atoms with E-state index in [4.69, 9.17) is 0 Å². The number of nitro groups is 1. The standard InChI is InChI=1S/C12H16N2O5/c1-4-19-12(16)11(15)10-5-9(14(17)18)7-13(10)6-8(2)3/h5,7-8H,4,6H2,1-3H3. The largest absolute Gasteiger partial charge is 0.460 e. The predicted octanol–water partition coefficient (Wildman–Crippen LogP) is 1.80. The molecule has 1 aromatic heterocycles. The van der Waals surface area contributed by atoms with Crippen molar-refractivity contribution in [3.63, 3.8) is 0 Å². The van der Waals surface area contributed by atoms with Gasteiger partial charge in [-0.15, -0.1) is 0 Å². The number of Topliss-reactive ketones (excluding diaryl/α,β-unsaturated/α-hetero) is 1. The molecule has 1 aromatic rings. The topological polar surface area (TPSA) is 91.4 Å². The Kier molecular flexibility index (Phi) is 4.80. The third-order valence-corrected chi connectivity index (χ3v) is 2.35. The minimum absolute atomic E-state index is 0.0150. The fourth-order valence-corrected chi connectivity index (χ4v) is 1.63. The number of aromatic nitrogens is 1. The van der Waals surface area contributed by atoms with Crippen LogP contribution in [-0.2, 0) is 16.1 Å². The van der Waals surface area contributed by atoms with Gasteiger partial charge >= 0.3 is 5.97 Å². The highest BCUT2D eigenvalue weighted by molar-refractivity contribution is 6.40. The molecule has 0 bridgehead atoms. The summed E-state index contributed by atoms with van der Waals surface area (Å²) in [6.07, 6.45) is 1.26. The summed E-state index contributed by atoms with van der Waals surface area (Å²) in [7, 11) is 0. The maximum atomic E-state index is 11.9. The Morgan fingerprint density at radius 1 is 1.47 bits per heavy atom. The second-order valence-electron chi connectivity index (χ2n) is 4.44. The van der Waals surface area contributed by atoms with E-state index in [1.54, 1.807) is 6.92 Å². The first-order valence-corrected chi connectivity index (χ1v) is 5.92. The lowest BCUT2D eigenvalue weighted by Gasteiger charge is -2.09. The van der Waals surface area contributed by atoms with Gasteiger partial charge in [0.1, 0.15) is 5.69 Å². The summed E-state index contributed by atoms with van der Waals surface area (Å²) in [4.78, 5) is 33.4. The van der Waals surface area contributed by atoms with Crippen LogP contribution in [0.15, 0.2) is 12.3 Å². The Labute approximate surface area is 110 Å². The first-order chi connectivity index (χ1) is 8.86. The van der Waals surface area contributed by atoms with Crippen LogP contribution in [0.25, 0.3) is 0 Å². The van der Waals surface area contributed by atoms with Gasteiger partial charge in [0.2, 0.25) is 0 Å². The molecule has 1 heterocycles. The molecule has 0 aliphatic heterocycles. The van der Waals surface area contributed by atoms with Gasteiger partial charge in [0, 0.05) is 12.6 Å². The number of carbonyl (C=O) groups is 2. The molecule has 7 heteroatoms. The molecule has 0 amide bonds. The summed E-state index contributed by atoms with van der Waals surface area (Å²) >= 11 is 0. The molecule has 0 saturated heterocycles. The Bertz CT molecular complexity index is 504. The van der Waals surface area contributed by atoms with Crippen LogP contribution in [0.1, 0.15) is 31.3 Å². The molecule has 0 radical (unpaired) electrons. The van der Waals surface area contributed by atoms with Gasteiger partial charge in [0.15, 0.2) is 0 Å². The smallest absolute Gasteiger partial charge is 0.381 e. The summed E-state index contributed by atoms with van der Waals surface area (Å²) in [6, 6.07) is 1.10. The molecule has 1 rings (SSSR count). The molecule has 104 valence electrons. The van der Waals surface area contributed by atoms with Gasteiger partial charge in [-0.2, -0.15) is 0 Å². The van der Waals surface area contributed by atoms with Crippen LogP contribution >= 0.6 is 0 Å². The van der Waals surface area contributed by atoms with Gasteiger partial charge < -0.3 is 9.30 Å². The molecule has 0 N–H and O–H groups in total. The Morgan fingerprint density at radius 3 is 2.58 bits per heavy atom. The van der Waals surface area contributed by atoms with E-state index < -0.39 is 16.7 Å². The van der Waals surface area contributed by atoms with Crippen molar-refractivity contribution in [1.82, 2.24) is 4.57 Å². The highest BCUT2D eigenvalue weighted by Gasteiger charge is 2.25. The number of esters is 1. The highest BCUT2D eigenvalue weighted by atomic mass is 16.6. The second kappa shape index (κ2) is 6.12. The van der Waals surface area contributed by atoms with Gasteiger partial charge in [0.05, 0.1) is 17.7 Å². The van der Waals surface area contributed by atoms with Crippen LogP contribution in [-0.4, -0.2) is 27.8 Å². The molecule has 0 aliphatic rings. The summed E-state index contributed by atoms with van der Waals surface area (Å²) < 4.78 is 6.03. The van der Waals surface area contributed by atoms with Gasteiger partial charge in [-0.05, 0) is 12.8 Å². The number of nitrogens with zero attached hydrogens (tertiary/aromatic N) is 2. The van der Waals surface area contributed by atoms with Crippen LogP contribution in [0.4, 0.5) is 5.69 Å². The van der Waals surface area contributed by atoms with E-state index in [1.165, 1.54) is 10.8 Å². The first kappa shape index (κ1) is 14.9. The number of rotatable bonds is 6. The van der Waals surface area contributed by atoms with Gasteiger partial charge in [-0.25, -0.2) is 4.79 Å². The number of hydrogen-bond donors (Lipinski definition) is 0. The maximum absolute atomic E-state index is 11.9. The quantitative estimate of drug-likeness (QED) is 0.258. The average molecular weight is 268 g/mol. The fraction of sp³-hybridized carbons (Fsp3) is 0.500. The number of hydrogen-bond acceptors (Lipinski definition) is 5. The van der Waals surface area contributed by atoms with Gasteiger partial charge in [-0.3, -0.25) is 14.9 Å². The SMILES string of the molecule is CCOC(=O)C(=O)c1cc([N+](=O)[O-])cn1CC(C)C. The lowest BCUT2D eigenvalue weighted by molar-refractivity contribution is -0.384. The number of ketones is 1. The average Bonchev–Trinajstić information content (AvgIpc) is 2.71. The van der Waals surface area contributed by atoms with Crippen molar-refractivity contribution in [3.8, 4) is 0 Å². The van der Waals surface area contributed by atoms with Crippen LogP contribution in [0, 0.1) is 16.0 Å². The van der Waals surface area contributed by atoms with Crippen LogP contribution < -0.4 is 0 Å². The summed E-state index contributed by atoms with van der Waals surface area (Å²) in [5, 5.41) is 10.7. The molecule has 0 fully saturated rings. The molecule has 7 nitrogen and oxygen atoms in total. The normalized spacial score (nSPS) is 10.5. The lowest BCUT2D eigenvalue weighted by Crippen LogP contribution is -2.21. The molecule has 0 unspecified atom stereocenters. The third-order valence-electron chi connectivity index (χ3n) is 2.35. The molecule has 0 spiro atoms. The van der Waals surface area contributed by atoms with Crippen LogP contribution in [0.3, 0.4) is 0 Å². The van der Waals surface area contributed by atoms with Crippen molar-refractivity contribution in [3.05, 3.63) is 28.1 Å². The zero-order valence-corrected chi connectivity index (χ0v) is 11.1. The Morgan fingerprint density at radius 2 is 2.11 bits per heavy atom. The maximum Gasteiger partial charge on any atom is 0.381 e. The summed E-state index contributed by atoms with van der Waals surface area (Å²) in [5.41, 5.74) is -0.229. The van der Waals surface area contributed by atoms with E-state index in [9.17, 15) is 19.7 Å². The molecule has 0 aromatic carbocycles. The van der Waals surface area contributed by atoms with Crippen LogP contribution in [0.2, 0.25) is 0 Å². The zero-order chi connectivity index (χ0) is 14.6. The minimum atomic E-state index is -1.000. The Hall–Kier alpha value is -2.18. The van der Waals surface area contributed by atoms with Crippen molar-refractivity contribution in [2.24, 2.45) is 5.92 Å². The van der Waals surface area contributed by atoms with Crippen molar-refractivity contribution in [1.29, 1.82) is 0 Å². The molecule has 0 atom stereocenters. The third kappa shape index (κ3) is 3.64. The monoisotopic (exact) mass is 268 g/mol. The van der Waals surface area contributed by atoms with E-state index in [0.717, 1.165) is 6.07 Å². The Balaban J connectivity index is 3.12. The van der Waals surface area contributed by atoms with E-state index in [1.807, 2.05) is 13.8 Å². The van der Waals surface area contributed by atoms with E-state index in [2.05, 4.69) is 4.74 Å². The van der Waals surface area contributed by atoms with E-state index in [0.29, 0.717) is 6.54 Å². The first-order valence-electron chi connectivity index (χ1n) is 5.92. The van der Waals surface area contributed by atoms with Gasteiger partial charge in [0.25, 0.3) is 11.5 Å². The molecule has 0 saturated carbocycles. The molecule has 19 heavy (non-hydrogen) atoms. The molecular weight excluding hydrogens is 252 g/mol. The number of ether oxygens (including phenoxy) is 1. The molecule has 0 aliphatic carbocycles.